The number of benzene rings is 1. The quantitative estimate of drug-likeness (QED) is 0.290. The van der Waals surface area contributed by atoms with Crippen LogP contribution in [0, 0.1) is 23.2 Å². The molecule has 6 heterocycles. The second-order valence-corrected chi connectivity index (χ2v) is 13.4. The number of methoxy groups -OCH3 is 1. The van der Waals surface area contributed by atoms with Gasteiger partial charge in [-0.15, -0.1) is 0 Å². The maximum absolute atomic E-state index is 14.0. The van der Waals surface area contributed by atoms with Crippen LogP contribution in [-0.2, 0) is 13.6 Å². The highest BCUT2D eigenvalue weighted by Crippen LogP contribution is 2.44. The number of rotatable bonds is 6. The predicted molar refractivity (Wildman–Crippen MR) is 178 cm³/mol. The Morgan fingerprint density at radius 2 is 2.07 bits per heavy atom. The molecule has 2 saturated heterocycles. The van der Waals surface area contributed by atoms with E-state index < -0.39 is 0 Å². The molecule has 2 N–H and O–H groups in total. The lowest BCUT2D eigenvalue weighted by Gasteiger charge is -2.30. The van der Waals surface area contributed by atoms with Gasteiger partial charge < -0.3 is 29.4 Å². The van der Waals surface area contributed by atoms with E-state index in [0.29, 0.717) is 41.8 Å². The Hall–Kier alpha value is -4.89. The van der Waals surface area contributed by atoms with E-state index in [0.717, 1.165) is 71.6 Å². The first-order valence-corrected chi connectivity index (χ1v) is 16.0. The lowest BCUT2D eigenvalue weighted by Crippen LogP contribution is -2.52. The van der Waals surface area contributed by atoms with E-state index in [1.165, 1.54) is 0 Å². The van der Waals surface area contributed by atoms with E-state index >= 15 is 0 Å². The number of anilines is 1. The van der Waals surface area contributed by atoms with Gasteiger partial charge in [0.25, 0.3) is 5.91 Å². The fraction of sp³-hybridized carbons (Fsp3) is 0.382. The molecule has 2 bridgehead atoms. The Labute approximate surface area is 268 Å². The Morgan fingerprint density at radius 1 is 1.20 bits per heavy atom. The van der Waals surface area contributed by atoms with Gasteiger partial charge in [-0.3, -0.25) is 9.78 Å². The van der Waals surface area contributed by atoms with Crippen molar-refractivity contribution in [1.82, 2.24) is 29.0 Å². The van der Waals surface area contributed by atoms with Crippen LogP contribution in [0.5, 0.6) is 5.75 Å². The summed E-state index contributed by atoms with van der Waals surface area (Å²) in [6.45, 7) is 3.08. The lowest BCUT2D eigenvalue weighted by atomic mass is 9.71. The maximum atomic E-state index is 14.0. The second-order valence-electron chi connectivity index (χ2n) is 13.4. The molecule has 4 atom stereocenters. The van der Waals surface area contributed by atoms with Crippen LogP contribution in [0.15, 0.2) is 55.0 Å². The molecule has 8 rings (SSSR count). The lowest BCUT2D eigenvalue weighted by molar-refractivity contribution is 0.0697. The molecular weight excluding hydrogens is 577 g/mol. The van der Waals surface area contributed by atoms with E-state index in [9.17, 15) is 10.1 Å². The van der Waals surface area contributed by atoms with Crippen LogP contribution < -0.4 is 15.4 Å². The SMILES string of the molecule is B[C@]1(N)C2CCC1N(C(=O)c1cc(OC)c3c(c1)nc(-c1cc4cccnc4n1C)n3C[C@H]1CCN(c3cncc(C#N)c3)C1)C2. The van der Waals surface area contributed by atoms with Crippen LogP contribution in [0.4, 0.5) is 5.69 Å². The van der Waals surface area contributed by atoms with Crippen molar-refractivity contribution in [2.24, 2.45) is 24.6 Å². The average molecular weight is 614 g/mol. The number of carbonyl (C=O) groups is 1. The summed E-state index contributed by atoms with van der Waals surface area (Å²) < 4.78 is 10.4. The third-order valence-electron chi connectivity index (χ3n) is 10.7. The molecule has 0 spiro atoms. The van der Waals surface area contributed by atoms with Gasteiger partial charge in [0.05, 0.1) is 35.8 Å². The second kappa shape index (κ2) is 10.6. The summed E-state index contributed by atoms with van der Waals surface area (Å²) in [4.78, 5) is 32.4. The molecule has 12 heteroatoms. The van der Waals surface area contributed by atoms with Crippen molar-refractivity contribution in [1.29, 1.82) is 5.26 Å². The van der Waals surface area contributed by atoms with E-state index in [2.05, 4.69) is 50.1 Å². The number of pyridine rings is 2. The zero-order chi connectivity index (χ0) is 31.7. The minimum atomic E-state index is -0.359. The fourth-order valence-corrected chi connectivity index (χ4v) is 8.18. The summed E-state index contributed by atoms with van der Waals surface area (Å²) in [5.74, 6) is 2.04. The Balaban J connectivity index is 1.21. The first-order valence-electron chi connectivity index (χ1n) is 16.0. The third kappa shape index (κ3) is 4.36. The summed E-state index contributed by atoms with van der Waals surface area (Å²) in [6, 6.07) is 14.1. The summed E-state index contributed by atoms with van der Waals surface area (Å²) in [6.07, 6.45) is 8.19. The van der Waals surface area contributed by atoms with Crippen molar-refractivity contribution in [2.45, 2.75) is 37.3 Å². The van der Waals surface area contributed by atoms with E-state index in [-0.39, 0.29) is 17.4 Å². The molecule has 5 aromatic rings. The van der Waals surface area contributed by atoms with Gasteiger partial charge >= 0.3 is 0 Å². The first kappa shape index (κ1) is 28.6. The number of nitrogens with zero attached hydrogens (tertiary/aromatic N) is 8. The topological polar surface area (TPSA) is 131 Å². The van der Waals surface area contributed by atoms with Crippen LogP contribution in [-0.4, -0.2) is 81.0 Å². The number of piperidine rings is 1. The molecule has 4 aromatic heterocycles. The van der Waals surface area contributed by atoms with Crippen molar-refractivity contribution < 1.29 is 9.53 Å². The zero-order valence-electron chi connectivity index (χ0n) is 26.3. The minimum Gasteiger partial charge on any atom is -0.494 e. The van der Waals surface area contributed by atoms with E-state index in [1.807, 2.05) is 42.4 Å². The predicted octanol–water partition coefficient (Wildman–Crippen LogP) is 2.91. The van der Waals surface area contributed by atoms with Crippen molar-refractivity contribution in [2.75, 3.05) is 31.6 Å². The van der Waals surface area contributed by atoms with Gasteiger partial charge in [-0.2, -0.15) is 5.26 Å². The molecule has 232 valence electrons. The molecule has 3 fully saturated rings. The van der Waals surface area contributed by atoms with E-state index in [4.69, 9.17) is 15.5 Å². The minimum absolute atomic E-state index is 0.0198. The highest BCUT2D eigenvalue weighted by molar-refractivity contribution is 6.17. The molecule has 11 nitrogen and oxygen atoms in total. The number of carbonyl (C=O) groups excluding carboxylic acids is 1. The first-order chi connectivity index (χ1) is 22.3. The molecular formula is C34H36BN9O2. The number of aryl methyl sites for hydroxylation is 1. The number of nitrogens with two attached hydrogens (primary N) is 1. The summed E-state index contributed by atoms with van der Waals surface area (Å²) in [5, 5.41) is 10.4. The van der Waals surface area contributed by atoms with Gasteiger partial charge in [0.1, 0.15) is 30.8 Å². The summed E-state index contributed by atoms with van der Waals surface area (Å²) in [7, 11) is 5.75. The largest absolute Gasteiger partial charge is 0.494 e. The standard InChI is InChI=1S/C34H36BN9O2/c1-41-27(12-22-4-3-8-39-31(22)41)32-40-26-11-23(33(45)43-19-24-5-6-29(43)34(24,35)37)13-28(46-2)30(26)44(32)18-20-7-9-42(17-20)25-10-21(14-36)15-38-16-25/h3-4,8,10-13,15-16,20,24,29H,5-7,9,17-19,35,37H2,1-2H3/t20-,24?,29?,34-/m0/s1. The zero-order valence-corrected chi connectivity index (χ0v) is 26.3. The number of ether oxygens (including phenoxy) is 1. The van der Waals surface area contributed by atoms with Crippen molar-refractivity contribution in [3.63, 3.8) is 0 Å². The molecule has 46 heavy (non-hydrogen) atoms. The van der Waals surface area contributed by atoms with Gasteiger partial charge in [-0.25, -0.2) is 9.97 Å². The highest BCUT2D eigenvalue weighted by Gasteiger charge is 2.54. The van der Waals surface area contributed by atoms with E-state index in [1.54, 1.807) is 19.5 Å². The number of hydrogen-bond acceptors (Lipinski definition) is 8. The Kier molecular flexibility index (Phi) is 6.58. The average Bonchev–Trinajstić information content (AvgIpc) is 3.88. The molecule has 3 aliphatic rings. The van der Waals surface area contributed by atoms with Gasteiger partial charge in [0.15, 0.2) is 5.82 Å². The van der Waals surface area contributed by atoms with Crippen molar-refractivity contribution in [3.05, 3.63) is 66.1 Å². The monoisotopic (exact) mass is 613 g/mol. The van der Waals surface area contributed by atoms with Crippen LogP contribution in [0.25, 0.3) is 33.6 Å². The maximum Gasteiger partial charge on any atom is 0.254 e. The summed E-state index contributed by atoms with van der Waals surface area (Å²) >= 11 is 0. The molecule has 2 aliphatic heterocycles. The number of fused-ring (bicyclic) bond motifs is 4. The number of aromatic nitrogens is 5. The molecule has 1 amide bonds. The Morgan fingerprint density at radius 3 is 2.80 bits per heavy atom. The number of likely N-dealkylation sites (tertiary alicyclic amines) is 1. The Bertz CT molecular complexity index is 2060. The van der Waals surface area contributed by atoms with Gasteiger partial charge in [0, 0.05) is 68.1 Å². The molecule has 2 unspecified atom stereocenters. The molecule has 1 aromatic carbocycles. The van der Waals surface area contributed by atoms with Crippen LogP contribution >= 0.6 is 0 Å². The number of amides is 1. The van der Waals surface area contributed by atoms with Crippen molar-refractivity contribution in [3.8, 4) is 23.3 Å². The van der Waals surface area contributed by atoms with Crippen LogP contribution in [0.1, 0.15) is 35.2 Å². The fourth-order valence-electron chi connectivity index (χ4n) is 8.18. The smallest absolute Gasteiger partial charge is 0.254 e. The number of imidazole rings is 1. The third-order valence-corrected chi connectivity index (χ3v) is 10.7. The molecule has 1 saturated carbocycles. The highest BCUT2D eigenvalue weighted by atomic mass is 16.5. The van der Waals surface area contributed by atoms with Gasteiger partial charge in [-0.05, 0) is 67.5 Å². The molecule has 1 aliphatic carbocycles. The van der Waals surface area contributed by atoms with Gasteiger partial charge in [-0.1, -0.05) is 0 Å². The van der Waals surface area contributed by atoms with Crippen molar-refractivity contribution >= 4 is 41.5 Å². The normalized spacial score (nSPS) is 23.9. The number of nitriles is 1. The van der Waals surface area contributed by atoms with Gasteiger partial charge in [0.2, 0.25) is 0 Å². The summed E-state index contributed by atoms with van der Waals surface area (Å²) in [5.41, 5.74) is 11.8. The number of hydrogen-bond donors (Lipinski definition) is 1. The van der Waals surface area contributed by atoms with Crippen LogP contribution in [0.3, 0.4) is 0 Å². The van der Waals surface area contributed by atoms with Crippen LogP contribution in [0.2, 0.25) is 0 Å². The molecule has 0 radical (unpaired) electrons.